The molecule has 0 fully saturated rings. The van der Waals surface area contributed by atoms with Crippen molar-refractivity contribution in [2.75, 3.05) is 12.4 Å². The molecule has 0 bridgehead atoms. The first-order valence-corrected chi connectivity index (χ1v) is 6.70. The summed E-state index contributed by atoms with van der Waals surface area (Å²) in [6.45, 7) is 0. The van der Waals surface area contributed by atoms with E-state index in [2.05, 4.69) is 15.5 Å². The number of nitrogens with one attached hydrogen (secondary N) is 1. The van der Waals surface area contributed by atoms with Gasteiger partial charge in [0, 0.05) is 17.7 Å². The van der Waals surface area contributed by atoms with Crippen molar-refractivity contribution >= 4 is 11.6 Å². The zero-order valence-corrected chi connectivity index (χ0v) is 12.1. The number of ether oxygens (including phenoxy) is 1. The molecule has 0 aliphatic carbocycles. The number of pyridine rings is 1. The van der Waals surface area contributed by atoms with E-state index in [1.807, 2.05) is 0 Å². The first kappa shape index (κ1) is 14.7. The van der Waals surface area contributed by atoms with E-state index in [1.54, 1.807) is 24.3 Å². The Kier molecular flexibility index (Phi) is 4.01. The number of hydrogen-bond acceptors (Lipinski definition) is 5. The van der Waals surface area contributed by atoms with Crippen LogP contribution < -0.4 is 10.1 Å². The molecule has 2 aromatic heterocycles. The Morgan fingerprint density at radius 1 is 1.26 bits per heavy atom. The van der Waals surface area contributed by atoms with Gasteiger partial charge in [-0.1, -0.05) is 17.3 Å². The molecule has 0 radical (unpaired) electrons. The maximum absolute atomic E-state index is 13.2. The molecule has 116 valence electrons. The number of anilines is 1. The topological polar surface area (TPSA) is 77.2 Å². The van der Waals surface area contributed by atoms with E-state index in [-0.39, 0.29) is 11.6 Å². The lowest BCUT2D eigenvalue weighted by atomic mass is 10.1. The van der Waals surface area contributed by atoms with Crippen molar-refractivity contribution in [3.05, 3.63) is 60.2 Å². The van der Waals surface area contributed by atoms with Gasteiger partial charge in [-0.25, -0.2) is 9.37 Å². The molecule has 3 aromatic rings. The van der Waals surface area contributed by atoms with Gasteiger partial charge in [-0.2, -0.15) is 0 Å². The molecule has 0 aliphatic rings. The molecule has 0 unspecified atom stereocenters. The predicted octanol–water partition coefficient (Wildman–Crippen LogP) is 3.14. The number of rotatable bonds is 4. The Hall–Kier alpha value is -3.22. The Morgan fingerprint density at radius 3 is 2.83 bits per heavy atom. The van der Waals surface area contributed by atoms with Crippen LogP contribution in [0.3, 0.4) is 0 Å². The van der Waals surface area contributed by atoms with Gasteiger partial charge in [0.1, 0.15) is 11.5 Å². The number of hydrogen-bond donors (Lipinski definition) is 1. The summed E-state index contributed by atoms with van der Waals surface area (Å²) >= 11 is 0. The highest BCUT2D eigenvalue weighted by atomic mass is 19.1. The van der Waals surface area contributed by atoms with Gasteiger partial charge in [0.25, 0.3) is 5.91 Å². The van der Waals surface area contributed by atoms with Crippen LogP contribution in [0.1, 0.15) is 10.6 Å². The van der Waals surface area contributed by atoms with Crippen LogP contribution in [0.2, 0.25) is 0 Å². The predicted molar refractivity (Wildman–Crippen MR) is 80.6 cm³/mol. The van der Waals surface area contributed by atoms with Crippen LogP contribution in [0.5, 0.6) is 5.88 Å². The zero-order valence-electron chi connectivity index (χ0n) is 12.1. The number of nitrogens with zero attached hydrogens (tertiary/aromatic N) is 2. The van der Waals surface area contributed by atoms with E-state index in [9.17, 15) is 9.18 Å². The lowest BCUT2D eigenvalue weighted by Gasteiger charge is -2.03. The SMILES string of the molecule is COc1ccc(NC(=O)c2cc(-c3cccc(F)c3)no2)cn1. The fourth-order valence-corrected chi connectivity index (χ4v) is 1.93. The quantitative estimate of drug-likeness (QED) is 0.800. The van der Waals surface area contributed by atoms with Crippen molar-refractivity contribution in [3.8, 4) is 17.1 Å². The van der Waals surface area contributed by atoms with Crippen molar-refractivity contribution in [1.29, 1.82) is 0 Å². The van der Waals surface area contributed by atoms with Crippen LogP contribution in [0, 0.1) is 5.82 Å². The Morgan fingerprint density at radius 2 is 2.13 bits per heavy atom. The molecule has 1 N–H and O–H groups in total. The van der Waals surface area contributed by atoms with Gasteiger partial charge in [0.15, 0.2) is 0 Å². The first-order chi connectivity index (χ1) is 11.2. The summed E-state index contributed by atoms with van der Waals surface area (Å²) in [5.74, 6) is -0.413. The summed E-state index contributed by atoms with van der Waals surface area (Å²) in [6, 6.07) is 10.6. The monoisotopic (exact) mass is 313 g/mol. The molecule has 23 heavy (non-hydrogen) atoms. The highest BCUT2D eigenvalue weighted by molar-refractivity contribution is 6.02. The standard InChI is InChI=1S/C16H12FN3O3/c1-22-15-6-5-12(9-18-15)19-16(21)14-8-13(20-23-14)10-3-2-4-11(17)7-10/h2-9H,1H3,(H,19,21). The number of benzene rings is 1. The summed E-state index contributed by atoms with van der Waals surface area (Å²) < 4.78 is 23.2. The van der Waals surface area contributed by atoms with Gasteiger partial charge in [0.2, 0.25) is 11.6 Å². The third-order valence-electron chi connectivity index (χ3n) is 3.06. The van der Waals surface area contributed by atoms with Crippen molar-refractivity contribution < 1.29 is 18.4 Å². The summed E-state index contributed by atoms with van der Waals surface area (Å²) in [6.07, 6.45) is 1.46. The van der Waals surface area contributed by atoms with Crippen molar-refractivity contribution in [1.82, 2.24) is 10.1 Å². The Labute approximate surface area is 130 Å². The van der Waals surface area contributed by atoms with Gasteiger partial charge in [-0.3, -0.25) is 4.79 Å². The van der Waals surface area contributed by atoms with Crippen LogP contribution >= 0.6 is 0 Å². The average molecular weight is 313 g/mol. The molecule has 7 heteroatoms. The van der Waals surface area contributed by atoms with E-state index in [0.717, 1.165) is 0 Å². The third kappa shape index (κ3) is 3.34. The van der Waals surface area contributed by atoms with Gasteiger partial charge in [-0.15, -0.1) is 0 Å². The maximum atomic E-state index is 13.2. The Bertz CT molecular complexity index is 831. The zero-order chi connectivity index (χ0) is 16.2. The van der Waals surface area contributed by atoms with Gasteiger partial charge < -0.3 is 14.6 Å². The number of halogens is 1. The molecular weight excluding hydrogens is 301 g/mol. The molecule has 0 aliphatic heterocycles. The minimum Gasteiger partial charge on any atom is -0.481 e. The molecule has 1 amide bonds. The number of carbonyl (C=O) groups is 1. The van der Waals surface area contributed by atoms with Crippen molar-refractivity contribution in [2.45, 2.75) is 0 Å². The minimum absolute atomic E-state index is 0.0140. The highest BCUT2D eigenvalue weighted by Gasteiger charge is 2.14. The lowest BCUT2D eigenvalue weighted by molar-refractivity contribution is 0.0988. The average Bonchev–Trinajstić information content (AvgIpc) is 3.06. The highest BCUT2D eigenvalue weighted by Crippen LogP contribution is 2.20. The normalized spacial score (nSPS) is 10.3. The van der Waals surface area contributed by atoms with Crippen molar-refractivity contribution in [2.24, 2.45) is 0 Å². The molecule has 6 nitrogen and oxygen atoms in total. The van der Waals surface area contributed by atoms with E-state index in [4.69, 9.17) is 9.26 Å². The van der Waals surface area contributed by atoms with Crippen LogP contribution in [-0.4, -0.2) is 23.2 Å². The fourth-order valence-electron chi connectivity index (χ4n) is 1.93. The fraction of sp³-hybridized carbons (Fsp3) is 0.0625. The summed E-state index contributed by atoms with van der Waals surface area (Å²) in [5, 5.41) is 6.40. The largest absolute Gasteiger partial charge is 0.481 e. The molecule has 2 heterocycles. The van der Waals surface area contributed by atoms with Crippen LogP contribution in [-0.2, 0) is 0 Å². The molecule has 0 saturated heterocycles. The number of amides is 1. The number of methoxy groups -OCH3 is 1. The van der Waals surface area contributed by atoms with Crippen LogP contribution in [0.15, 0.2) is 53.2 Å². The second kappa shape index (κ2) is 6.27. The van der Waals surface area contributed by atoms with E-state index < -0.39 is 5.91 Å². The van der Waals surface area contributed by atoms with Crippen LogP contribution in [0.4, 0.5) is 10.1 Å². The summed E-state index contributed by atoms with van der Waals surface area (Å²) in [4.78, 5) is 16.1. The molecule has 1 aromatic carbocycles. The second-order valence-corrected chi connectivity index (χ2v) is 4.63. The molecular formula is C16H12FN3O3. The third-order valence-corrected chi connectivity index (χ3v) is 3.06. The van der Waals surface area contributed by atoms with Gasteiger partial charge >= 0.3 is 0 Å². The minimum atomic E-state index is -0.480. The molecule has 0 atom stereocenters. The molecule has 3 rings (SSSR count). The maximum Gasteiger partial charge on any atom is 0.294 e. The van der Waals surface area contributed by atoms with E-state index >= 15 is 0 Å². The smallest absolute Gasteiger partial charge is 0.294 e. The van der Waals surface area contributed by atoms with Crippen LogP contribution in [0.25, 0.3) is 11.3 Å². The van der Waals surface area contributed by atoms with Crippen molar-refractivity contribution in [3.63, 3.8) is 0 Å². The summed E-state index contributed by atoms with van der Waals surface area (Å²) in [5.41, 5.74) is 1.39. The van der Waals surface area contributed by atoms with Gasteiger partial charge in [-0.05, 0) is 18.2 Å². The van der Waals surface area contributed by atoms with E-state index in [0.29, 0.717) is 22.8 Å². The van der Waals surface area contributed by atoms with E-state index in [1.165, 1.54) is 31.5 Å². The lowest BCUT2D eigenvalue weighted by Crippen LogP contribution is -2.11. The Balaban J connectivity index is 1.75. The summed E-state index contributed by atoms with van der Waals surface area (Å²) in [7, 11) is 1.50. The molecule has 0 saturated carbocycles. The van der Waals surface area contributed by atoms with Gasteiger partial charge in [0.05, 0.1) is 19.0 Å². The first-order valence-electron chi connectivity index (χ1n) is 6.70. The second-order valence-electron chi connectivity index (χ2n) is 4.63. The number of carbonyl (C=O) groups excluding carboxylic acids is 1. The molecule has 0 spiro atoms. The number of aromatic nitrogens is 2.